The van der Waals surface area contributed by atoms with Crippen LogP contribution in [-0.2, 0) is 12.3 Å². The normalized spacial score (nSPS) is 10.3. The van der Waals surface area contributed by atoms with Crippen LogP contribution >= 0.6 is 11.8 Å². The standard InChI is InChI=1S/C21H20N2O2S/c1-25-19-8-4-16(5-9-19)14-23-21(24)18-6-10-20(11-7-18)26-15-17-3-2-12-22-13-17/h2-13H,14-15H2,1H3,(H,23,24). The zero-order chi connectivity index (χ0) is 18.2. The Kier molecular flexibility index (Phi) is 6.28. The van der Waals surface area contributed by atoms with E-state index in [1.165, 1.54) is 5.56 Å². The summed E-state index contributed by atoms with van der Waals surface area (Å²) in [5.41, 5.74) is 2.87. The highest BCUT2D eigenvalue weighted by Crippen LogP contribution is 2.22. The Balaban J connectivity index is 1.51. The molecule has 0 unspecified atom stereocenters. The lowest BCUT2D eigenvalue weighted by Crippen LogP contribution is -2.22. The minimum absolute atomic E-state index is 0.0790. The van der Waals surface area contributed by atoms with Crippen LogP contribution in [0.1, 0.15) is 21.5 Å². The van der Waals surface area contributed by atoms with Gasteiger partial charge in [-0.05, 0) is 53.6 Å². The number of carbonyl (C=O) groups excluding carboxylic acids is 1. The van der Waals surface area contributed by atoms with Gasteiger partial charge in [-0.3, -0.25) is 9.78 Å². The van der Waals surface area contributed by atoms with Crippen molar-refractivity contribution < 1.29 is 9.53 Å². The van der Waals surface area contributed by atoms with Crippen LogP contribution in [0.2, 0.25) is 0 Å². The lowest BCUT2D eigenvalue weighted by Gasteiger charge is -2.07. The molecule has 3 rings (SSSR count). The van der Waals surface area contributed by atoms with E-state index in [9.17, 15) is 4.79 Å². The van der Waals surface area contributed by atoms with Crippen molar-refractivity contribution in [2.45, 2.75) is 17.2 Å². The summed E-state index contributed by atoms with van der Waals surface area (Å²) < 4.78 is 5.13. The van der Waals surface area contributed by atoms with Gasteiger partial charge in [-0.15, -0.1) is 11.8 Å². The number of carbonyl (C=O) groups is 1. The fourth-order valence-corrected chi connectivity index (χ4v) is 3.21. The number of thioether (sulfide) groups is 1. The average molecular weight is 364 g/mol. The third-order valence-electron chi connectivity index (χ3n) is 3.86. The number of methoxy groups -OCH3 is 1. The molecule has 0 aliphatic carbocycles. The summed E-state index contributed by atoms with van der Waals surface area (Å²) >= 11 is 1.72. The Bertz CT molecular complexity index is 834. The molecule has 3 aromatic rings. The van der Waals surface area contributed by atoms with E-state index in [1.54, 1.807) is 25.1 Å². The predicted octanol–water partition coefficient (Wildman–Crippen LogP) is 4.31. The van der Waals surface area contributed by atoms with Crippen LogP contribution in [0.3, 0.4) is 0 Å². The van der Waals surface area contributed by atoms with E-state index in [4.69, 9.17) is 4.74 Å². The molecule has 132 valence electrons. The molecule has 0 fully saturated rings. The SMILES string of the molecule is COc1ccc(CNC(=O)c2ccc(SCc3cccnc3)cc2)cc1. The van der Waals surface area contributed by atoms with Crippen molar-refractivity contribution in [1.29, 1.82) is 0 Å². The van der Waals surface area contributed by atoms with Crippen LogP contribution in [-0.4, -0.2) is 18.0 Å². The first kappa shape index (κ1) is 18.0. The third-order valence-corrected chi connectivity index (χ3v) is 4.94. The Hall–Kier alpha value is -2.79. The topological polar surface area (TPSA) is 51.2 Å². The van der Waals surface area contributed by atoms with Gasteiger partial charge in [-0.1, -0.05) is 18.2 Å². The molecule has 1 heterocycles. The zero-order valence-electron chi connectivity index (χ0n) is 14.5. The van der Waals surface area contributed by atoms with Gasteiger partial charge in [0.05, 0.1) is 7.11 Å². The van der Waals surface area contributed by atoms with E-state index in [0.29, 0.717) is 12.1 Å². The predicted molar refractivity (Wildman–Crippen MR) is 104 cm³/mol. The van der Waals surface area contributed by atoms with Crippen LogP contribution < -0.4 is 10.1 Å². The molecule has 1 N–H and O–H groups in total. The molecular formula is C21H20N2O2S. The molecule has 1 amide bonds. The summed E-state index contributed by atoms with van der Waals surface area (Å²) in [6.45, 7) is 0.486. The number of hydrogen-bond donors (Lipinski definition) is 1. The molecule has 0 radical (unpaired) electrons. The molecule has 4 nitrogen and oxygen atoms in total. The van der Waals surface area contributed by atoms with E-state index in [0.717, 1.165) is 22.0 Å². The fraction of sp³-hybridized carbons (Fsp3) is 0.143. The maximum absolute atomic E-state index is 12.3. The summed E-state index contributed by atoms with van der Waals surface area (Å²) in [5.74, 6) is 1.58. The van der Waals surface area contributed by atoms with Crippen LogP contribution in [0.15, 0.2) is 78.0 Å². The number of hydrogen-bond acceptors (Lipinski definition) is 4. The number of pyridine rings is 1. The smallest absolute Gasteiger partial charge is 0.251 e. The van der Waals surface area contributed by atoms with Crippen molar-refractivity contribution in [3.8, 4) is 5.75 Å². The number of amides is 1. The maximum Gasteiger partial charge on any atom is 0.251 e. The average Bonchev–Trinajstić information content (AvgIpc) is 2.72. The highest BCUT2D eigenvalue weighted by molar-refractivity contribution is 7.98. The van der Waals surface area contributed by atoms with E-state index >= 15 is 0 Å². The second kappa shape index (κ2) is 9.06. The Morgan fingerprint density at radius 1 is 1.04 bits per heavy atom. The summed E-state index contributed by atoms with van der Waals surface area (Å²) in [7, 11) is 1.63. The molecule has 0 aliphatic rings. The molecule has 0 spiro atoms. The van der Waals surface area contributed by atoms with Gasteiger partial charge in [0.1, 0.15) is 5.75 Å². The van der Waals surface area contributed by atoms with Gasteiger partial charge >= 0.3 is 0 Å². The Labute approximate surface area is 157 Å². The fourth-order valence-electron chi connectivity index (χ4n) is 2.38. The van der Waals surface area contributed by atoms with Gasteiger partial charge in [-0.25, -0.2) is 0 Å². The van der Waals surface area contributed by atoms with Crippen LogP contribution in [0.25, 0.3) is 0 Å². The van der Waals surface area contributed by atoms with Gasteiger partial charge in [0.15, 0.2) is 0 Å². The van der Waals surface area contributed by atoms with Crippen molar-refractivity contribution >= 4 is 17.7 Å². The molecule has 2 aromatic carbocycles. The number of nitrogens with one attached hydrogen (secondary N) is 1. The highest BCUT2D eigenvalue weighted by atomic mass is 32.2. The van der Waals surface area contributed by atoms with Crippen LogP contribution in [0.5, 0.6) is 5.75 Å². The van der Waals surface area contributed by atoms with E-state index in [2.05, 4.69) is 16.4 Å². The third kappa shape index (κ3) is 5.10. The molecule has 0 saturated carbocycles. The highest BCUT2D eigenvalue weighted by Gasteiger charge is 2.06. The summed E-state index contributed by atoms with van der Waals surface area (Å²) in [6.07, 6.45) is 3.64. The van der Waals surface area contributed by atoms with Gasteiger partial charge < -0.3 is 10.1 Å². The Morgan fingerprint density at radius 3 is 2.46 bits per heavy atom. The largest absolute Gasteiger partial charge is 0.497 e. The van der Waals surface area contributed by atoms with Crippen molar-refractivity contribution in [2.24, 2.45) is 0 Å². The lowest BCUT2D eigenvalue weighted by atomic mass is 10.2. The maximum atomic E-state index is 12.3. The minimum atomic E-state index is -0.0790. The molecule has 26 heavy (non-hydrogen) atoms. The van der Waals surface area contributed by atoms with Gasteiger partial charge in [-0.2, -0.15) is 0 Å². The second-order valence-corrected chi connectivity index (χ2v) is 6.75. The summed E-state index contributed by atoms with van der Waals surface area (Å²) in [4.78, 5) is 17.5. The van der Waals surface area contributed by atoms with E-state index < -0.39 is 0 Å². The number of rotatable bonds is 7. The van der Waals surface area contributed by atoms with Gasteiger partial charge in [0.2, 0.25) is 0 Å². The Morgan fingerprint density at radius 2 is 1.81 bits per heavy atom. The molecule has 0 saturated heterocycles. The van der Waals surface area contributed by atoms with Crippen molar-refractivity contribution in [1.82, 2.24) is 10.3 Å². The molecule has 0 atom stereocenters. The van der Waals surface area contributed by atoms with E-state index in [-0.39, 0.29) is 5.91 Å². The van der Waals surface area contributed by atoms with Gasteiger partial charge in [0, 0.05) is 35.2 Å². The van der Waals surface area contributed by atoms with Crippen molar-refractivity contribution in [3.05, 3.63) is 89.7 Å². The van der Waals surface area contributed by atoms with E-state index in [1.807, 2.05) is 60.8 Å². The molecule has 1 aromatic heterocycles. The van der Waals surface area contributed by atoms with Gasteiger partial charge in [0.25, 0.3) is 5.91 Å². The van der Waals surface area contributed by atoms with Crippen LogP contribution in [0, 0.1) is 0 Å². The monoisotopic (exact) mass is 364 g/mol. The summed E-state index contributed by atoms with van der Waals surface area (Å²) in [5, 5.41) is 2.94. The first-order valence-corrected chi connectivity index (χ1v) is 9.26. The first-order valence-electron chi connectivity index (χ1n) is 8.27. The molecule has 0 aliphatic heterocycles. The molecule has 0 bridgehead atoms. The summed E-state index contributed by atoms with van der Waals surface area (Å²) in [6, 6.07) is 19.3. The number of nitrogens with zero attached hydrogens (tertiary/aromatic N) is 1. The van der Waals surface area contributed by atoms with Crippen molar-refractivity contribution in [3.63, 3.8) is 0 Å². The zero-order valence-corrected chi connectivity index (χ0v) is 15.3. The number of benzene rings is 2. The second-order valence-electron chi connectivity index (χ2n) is 5.71. The molecule has 5 heteroatoms. The first-order chi connectivity index (χ1) is 12.7. The van der Waals surface area contributed by atoms with Crippen LogP contribution in [0.4, 0.5) is 0 Å². The molecular weight excluding hydrogens is 344 g/mol. The minimum Gasteiger partial charge on any atom is -0.497 e. The number of ether oxygens (including phenoxy) is 1. The number of aromatic nitrogens is 1. The lowest BCUT2D eigenvalue weighted by molar-refractivity contribution is 0.0951. The quantitative estimate of drug-likeness (QED) is 0.635. The van der Waals surface area contributed by atoms with Crippen molar-refractivity contribution in [2.75, 3.05) is 7.11 Å².